The van der Waals surface area contributed by atoms with E-state index in [2.05, 4.69) is 4.90 Å². The lowest BCUT2D eigenvalue weighted by molar-refractivity contribution is 0.174. The summed E-state index contributed by atoms with van der Waals surface area (Å²) in [4.78, 5) is 2.10. The van der Waals surface area contributed by atoms with Crippen molar-refractivity contribution in [1.82, 2.24) is 0 Å². The predicted octanol–water partition coefficient (Wildman–Crippen LogP) is 3.96. The molecule has 1 aliphatic rings. The monoisotopic (exact) mass is 271 g/mol. The minimum Gasteiger partial charge on any atom is -0.388 e. The molecule has 3 heteroatoms. The largest absolute Gasteiger partial charge is 0.388 e. The molecule has 0 saturated carbocycles. The zero-order valence-corrected chi connectivity index (χ0v) is 11.5. The molecule has 3 rings (SSSR count). The summed E-state index contributed by atoms with van der Waals surface area (Å²) in [5.41, 5.74) is 3.96. The molecule has 2 aromatic carbocycles. The molecular formula is C17H18FNO. The van der Waals surface area contributed by atoms with E-state index in [1.54, 1.807) is 6.07 Å². The third-order valence-electron chi connectivity index (χ3n) is 3.92. The second-order valence-corrected chi connectivity index (χ2v) is 5.16. The Labute approximate surface area is 118 Å². The van der Waals surface area contributed by atoms with Gasteiger partial charge < -0.3 is 10.0 Å². The summed E-state index contributed by atoms with van der Waals surface area (Å²) in [7, 11) is 0. The molecule has 1 aliphatic heterocycles. The fourth-order valence-corrected chi connectivity index (χ4v) is 2.84. The van der Waals surface area contributed by atoms with E-state index in [4.69, 9.17) is 0 Å². The summed E-state index contributed by atoms with van der Waals surface area (Å²) < 4.78 is 13.5. The molecule has 0 aliphatic carbocycles. The summed E-state index contributed by atoms with van der Waals surface area (Å²) >= 11 is 0. The normalized spacial score (nSPS) is 15.2. The summed E-state index contributed by atoms with van der Waals surface area (Å²) in [5, 5.41) is 10.2. The van der Waals surface area contributed by atoms with E-state index in [0.717, 1.165) is 35.5 Å². The highest BCUT2D eigenvalue weighted by Gasteiger charge is 2.24. The summed E-state index contributed by atoms with van der Waals surface area (Å²) in [6.45, 7) is 2.78. The first-order valence-corrected chi connectivity index (χ1v) is 7.03. The quantitative estimate of drug-likeness (QED) is 0.913. The van der Waals surface area contributed by atoms with Crippen LogP contribution in [0.1, 0.15) is 30.6 Å². The van der Waals surface area contributed by atoms with Crippen LogP contribution in [-0.2, 0) is 6.42 Å². The zero-order chi connectivity index (χ0) is 14.1. The lowest BCUT2D eigenvalue weighted by atomic mass is 10.0. The minimum atomic E-state index is -0.483. The maximum absolute atomic E-state index is 13.5. The Bertz CT molecular complexity index is 626. The van der Waals surface area contributed by atoms with E-state index >= 15 is 0 Å². The molecule has 0 saturated heterocycles. The average molecular weight is 271 g/mol. The van der Waals surface area contributed by atoms with Crippen molar-refractivity contribution < 1.29 is 9.50 Å². The Morgan fingerprint density at radius 1 is 1.20 bits per heavy atom. The number of hydrogen-bond donors (Lipinski definition) is 1. The standard InChI is InChI=1S/C17H18FNO/c1-2-17(20)14-5-3-4-6-15(14)19-10-9-12-7-8-13(18)11-16(12)19/h3-8,11,17,20H,2,9-10H2,1H3/t17-/m0/s1. The van der Waals surface area contributed by atoms with Gasteiger partial charge in [0.1, 0.15) is 5.82 Å². The molecule has 104 valence electrons. The van der Waals surface area contributed by atoms with Gasteiger partial charge in [-0.25, -0.2) is 4.39 Å². The van der Waals surface area contributed by atoms with Gasteiger partial charge in [0.25, 0.3) is 0 Å². The molecule has 0 unspecified atom stereocenters. The first-order chi connectivity index (χ1) is 9.70. The highest BCUT2D eigenvalue weighted by atomic mass is 19.1. The number of halogens is 1. The van der Waals surface area contributed by atoms with Crippen LogP contribution in [0.2, 0.25) is 0 Å². The van der Waals surface area contributed by atoms with Crippen molar-refractivity contribution in [2.75, 3.05) is 11.4 Å². The van der Waals surface area contributed by atoms with Crippen LogP contribution < -0.4 is 4.90 Å². The van der Waals surface area contributed by atoms with Crippen LogP contribution in [0, 0.1) is 5.82 Å². The van der Waals surface area contributed by atoms with Crippen molar-refractivity contribution in [3.8, 4) is 0 Å². The van der Waals surface area contributed by atoms with E-state index < -0.39 is 6.10 Å². The van der Waals surface area contributed by atoms with Gasteiger partial charge in [0.2, 0.25) is 0 Å². The number of benzene rings is 2. The number of hydrogen-bond acceptors (Lipinski definition) is 2. The lowest BCUT2D eigenvalue weighted by Gasteiger charge is -2.24. The fraction of sp³-hybridized carbons (Fsp3) is 0.294. The molecule has 0 radical (unpaired) electrons. The topological polar surface area (TPSA) is 23.5 Å². The number of aliphatic hydroxyl groups is 1. The number of anilines is 2. The number of rotatable bonds is 3. The molecule has 1 atom stereocenters. The van der Waals surface area contributed by atoms with Crippen molar-refractivity contribution in [2.24, 2.45) is 0 Å². The Hall–Kier alpha value is -1.87. The summed E-state index contributed by atoms with van der Waals surface area (Å²) in [6.07, 6.45) is 1.09. The zero-order valence-electron chi connectivity index (χ0n) is 11.5. The molecule has 1 N–H and O–H groups in total. The maximum Gasteiger partial charge on any atom is 0.125 e. The predicted molar refractivity (Wildman–Crippen MR) is 78.8 cm³/mol. The second-order valence-electron chi connectivity index (χ2n) is 5.16. The van der Waals surface area contributed by atoms with E-state index in [9.17, 15) is 9.50 Å². The lowest BCUT2D eigenvalue weighted by Crippen LogP contribution is -2.16. The van der Waals surface area contributed by atoms with Crippen LogP contribution in [0.25, 0.3) is 0 Å². The molecule has 0 aromatic heterocycles. The first-order valence-electron chi connectivity index (χ1n) is 7.03. The summed E-state index contributed by atoms with van der Waals surface area (Å²) in [6, 6.07) is 12.8. The average Bonchev–Trinajstić information content (AvgIpc) is 2.89. The molecule has 0 bridgehead atoms. The molecule has 0 spiro atoms. The highest BCUT2D eigenvalue weighted by Crippen LogP contribution is 2.38. The number of aliphatic hydroxyl groups excluding tert-OH is 1. The van der Waals surface area contributed by atoms with Gasteiger partial charge in [-0.05, 0) is 36.6 Å². The highest BCUT2D eigenvalue weighted by molar-refractivity contribution is 5.72. The van der Waals surface area contributed by atoms with Crippen molar-refractivity contribution in [3.05, 3.63) is 59.4 Å². The van der Waals surface area contributed by atoms with Crippen molar-refractivity contribution in [1.29, 1.82) is 0 Å². The molecule has 1 heterocycles. The van der Waals surface area contributed by atoms with Crippen LogP contribution in [0.15, 0.2) is 42.5 Å². The molecular weight excluding hydrogens is 253 g/mol. The van der Waals surface area contributed by atoms with Gasteiger partial charge in [0, 0.05) is 23.5 Å². The number of fused-ring (bicyclic) bond motifs is 1. The van der Waals surface area contributed by atoms with Gasteiger partial charge in [-0.1, -0.05) is 31.2 Å². The van der Waals surface area contributed by atoms with Crippen LogP contribution in [0.3, 0.4) is 0 Å². The van der Waals surface area contributed by atoms with Gasteiger partial charge >= 0.3 is 0 Å². The Kier molecular flexibility index (Phi) is 3.45. The van der Waals surface area contributed by atoms with E-state index in [0.29, 0.717) is 6.42 Å². The van der Waals surface area contributed by atoms with Gasteiger partial charge in [0.15, 0.2) is 0 Å². The van der Waals surface area contributed by atoms with E-state index in [1.165, 1.54) is 6.07 Å². The molecule has 2 aromatic rings. The first kappa shape index (κ1) is 13.1. The number of nitrogens with zero attached hydrogens (tertiary/aromatic N) is 1. The minimum absolute atomic E-state index is 0.218. The molecule has 0 amide bonds. The Balaban J connectivity index is 2.06. The molecule has 20 heavy (non-hydrogen) atoms. The van der Waals surface area contributed by atoms with Crippen LogP contribution in [0.4, 0.5) is 15.8 Å². The Morgan fingerprint density at radius 3 is 2.80 bits per heavy atom. The smallest absolute Gasteiger partial charge is 0.125 e. The van der Waals surface area contributed by atoms with Crippen molar-refractivity contribution in [2.45, 2.75) is 25.9 Å². The van der Waals surface area contributed by atoms with E-state index in [-0.39, 0.29) is 5.82 Å². The van der Waals surface area contributed by atoms with Gasteiger partial charge in [-0.3, -0.25) is 0 Å². The Morgan fingerprint density at radius 2 is 2.00 bits per heavy atom. The SMILES string of the molecule is CC[C@H](O)c1ccccc1N1CCc2ccc(F)cc21. The van der Waals surface area contributed by atoms with Gasteiger partial charge in [0.05, 0.1) is 6.10 Å². The maximum atomic E-state index is 13.5. The van der Waals surface area contributed by atoms with Crippen molar-refractivity contribution in [3.63, 3.8) is 0 Å². The van der Waals surface area contributed by atoms with Crippen LogP contribution in [-0.4, -0.2) is 11.7 Å². The van der Waals surface area contributed by atoms with Crippen LogP contribution in [0.5, 0.6) is 0 Å². The van der Waals surface area contributed by atoms with Crippen LogP contribution >= 0.6 is 0 Å². The van der Waals surface area contributed by atoms with Gasteiger partial charge in [-0.2, -0.15) is 0 Å². The fourth-order valence-electron chi connectivity index (χ4n) is 2.84. The van der Waals surface area contributed by atoms with Gasteiger partial charge in [-0.15, -0.1) is 0 Å². The third kappa shape index (κ3) is 2.18. The second kappa shape index (κ2) is 5.25. The number of para-hydroxylation sites is 1. The summed E-state index contributed by atoms with van der Waals surface area (Å²) in [5.74, 6) is -0.218. The third-order valence-corrected chi connectivity index (χ3v) is 3.92. The molecule has 0 fully saturated rings. The van der Waals surface area contributed by atoms with E-state index in [1.807, 2.05) is 37.3 Å². The van der Waals surface area contributed by atoms with Crippen molar-refractivity contribution >= 4 is 11.4 Å². The molecule has 2 nitrogen and oxygen atoms in total.